The van der Waals surface area contributed by atoms with Crippen LogP contribution in [0.4, 0.5) is 0 Å². The van der Waals surface area contributed by atoms with E-state index in [4.69, 9.17) is 0 Å². The maximum Gasteiger partial charge on any atom is 0.246 e. The second-order valence-electron chi connectivity index (χ2n) is 8.08. The van der Waals surface area contributed by atoms with E-state index in [0.29, 0.717) is 32.2 Å². The first-order valence-corrected chi connectivity index (χ1v) is 10.6. The molecule has 6 heteroatoms. The number of fused-ring (bicyclic) bond motifs is 1. The third kappa shape index (κ3) is 4.22. The summed E-state index contributed by atoms with van der Waals surface area (Å²) in [4.78, 5) is 30.3. The lowest BCUT2D eigenvalue weighted by molar-refractivity contribution is -0.133. The van der Waals surface area contributed by atoms with E-state index in [-0.39, 0.29) is 11.8 Å². The largest absolute Gasteiger partial charge is 0.354 e. The molecule has 2 heterocycles. The summed E-state index contributed by atoms with van der Waals surface area (Å²) >= 11 is 0. The Bertz CT molecular complexity index is 1040. The minimum atomic E-state index is -0.902. The fourth-order valence-electron chi connectivity index (χ4n) is 4.31. The van der Waals surface area contributed by atoms with Gasteiger partial charge in [0.25, 0.3) is 0 Å². The molecule has 2 amide bonds. The Morgan fingerprint density at radius 3 is 2.70 bits per heavy atom. The lowest BCUT2D eigenvalue weighted by Crippen LogP contribution is -2.59. The minimum Gasteiger partial charge on any atom is -0.354 e. The van der Waals surface area contributed by atoms with Gasteiger partial charge in [-0.25, -0.2) is 4.98 Å². The molecular formula is C24H28N4O2. The molecule has 1 aromatic heterocycles. The van der Waals surface area contributed by atoms with Crippen LogP contribution in [0.3, 0.4) is 0 Å². The minimum absolute atomic E-state index is 0.0473. The van der Waals surface area contributed by atoms with Gasteiger partial charge in [0.05, 0.1) is 11.0 Å². The van der Waals surface area contributed by atoms with Crippen molar-refractivity contribution >= 4 is 22.8 Å². The monoisotopic (exact) mass is 404 g/mol. The van der Waals surface area contributed by atoms with E-state index in [9.17, 15) is 9.59 Å². The molecule has 6 nitrogen and oxygen atoms in total. The number of benzene rings is 2. The molecule has 0 aliphatic carbocycles. The van der Waals surface area contributed by atoms with Gasteiger partial charge >= 0.3 is 0 Å². The number of aryl methyl sites for hydroxylation is 1. The molecule has 0 saturated carbocycles. The van der Waals surface area contributed by atoms with Crippen LogP contribution in [0, 0.1) is 0 Å². The normalized spacial score (nSPS) is 19.3. The number of carbonyl (C=O) groups excluding carboxylic acids is 2. The SMILES string of the molecule is Cn1c(CCNC(=O)C2(Cc3ccccc3)CCCCC(=O)N2)nc2ccccc21. The van der Waals surface area contributed by atoms with Crippen molar-refractivity contribution in [3.8, 4) is 0 Å². The summed E-state index contributed by atoms with van der Waals surface area (Å²) in [5, 5.41) is 6.13. The molecule has 156 valence electrons. The second kappa shape index (κ2) is 8.69. The van der Waals surface area contributed by atoms with E-state index in [1.165, 1.54) is 0 Å². The standard InChI is InChI=1S/C24H28N4O2/c1-28-20-12-6-5-11-19(20)26-21(28)14-16-25-23(30)24(15-8-7-13-22(29)27-24)17-18-9-3-2-4-10-18/h2-6,9-12H,7-8,13-17H2,1H3,(H,25,30)(H,27,29). The highest BCUT2D eigenvalue weighted by molar-refractivity contribution is 5.92. The molecule has 30 heavy (non-hydrogen) atoms. The molecular weight excluding hydrogens is 376 g/mol. The molecule has 2 N–H and O–H groups in total. The van der Waals surface area contributed by atoms with Crippen LogP contribution in [0.15, 0.2) is 54.6 Å². The Morgan fingerprint density at radius 1 is 1.13 bits per heavy atom. The predicted octanol–water partition coefficient (Wildman–Crippen LogP) is 2.90. The van der Waals surface area contributed by atoms with Gasteiger partial charge in [0, 0.05) is 32.9 Å². The van der Waals surface area contributed by atoms with Crippen molar-refractivity contribution < 1.29 is 9.59 Å². The number of rotatable bonds is 6. The summed E-state index contributed by atoms with van der Waals surface area (Å²) in [6, 6.07) is 17.9. The molecule has 0 bridgehead atoms. The maximum absolute atomic E-state index is 13.3. The molecule has 1 atom stereocenters. The lowest BCUT2D eigenvalue weighted by Gasteiger charge is -2.32. The fourth-order valence-corrected chi connectivity index (χ4v) is 4.31. The Labute approximate surface area is 176 Å². The number of nitrogens with zero attached hydrogens (tertiary/aromatic N) is 2. The fraction of sp³-hybridized carbons (Fsp3) is 0.375. The van der Waals surface area contributed by atoms with E-state index in [1.54, 1.807) is 0 Å². The van der Waals surface area contributed by atoms with Crippen molar-refractivity contribution in [3.63, 3.8) is 0 Å². The second-order valence-corrected chi connectivity index (χ2v) is 8.08. The summed E-state index contributed by atoms with van der Waals surface area (Å²) in [7, 11) is 1.99. The van der Waals surface area contributed by atoms with Gasteiger partial charge in [-0.2, -0.15) is 0 Å². The summed E-state index contributed by atoms with van der Waals surface area (Å²) in [5.41, 5.74) is 2.18. The van der Waals surface area contributed by atoms with Crippen LogP contribution >= 0.6 is 0 Å². The highest BCUT2D eigenvalue weighted by Crippen LogP contribution is 2.25. The molecule has 1 unspecified atom stereocenters. The van der Waals surface area contributed by atoms with E-state index in [2.05, 4.69) is 20.2 Å². The first-order valence-electron chi connectivity index (χ1n) is 10.6. The van der Waals surface area contributed by atoms with E-state index in [0.717, 1.165) is 35.3 Å². The lowest BCUT2D eigenvalue weighted by atomic mass is 9.85. The average Bonchev–Trinajstić information content (AvgIpc) is 2.94. The summed E-state index contributed by atoms with van der Waals surface area (Å²) < 4.78 is 2.06. The molecule has 2 aromatic carbocycles. The summed E-state index contributed by atoms with van der Waals surface area (Å²) in [6.07, 6.45) is 3.92. The zero-order chi connectivity index (χ0) is 21.0. The van der Waals surface area contributed by atoms with E-state index < -0.39 is 5.54 Å². The topological polar surface area (TPSA) is 76.0 Å². The summed E-state index contributed by atoms with van der Waals surface area (Å²) in [6.45, 7) is 0.475. The highest BCUT2D eigenvalue weighted by atomic mass is 16.2. The van der Waals surface area contributed by atoms with Crippen molar-refractivity contribution in [2.45, 2.75) is 44.1 Å². The number of para-hydroxylation sites is 2. The number of hydrogen-bond donors (Lipinski definition) is 2. The van der Waals surface area contributed by atoms with Crippen LogP contribution in [-0.4, -0.2) is 33.4 Å². The van der Waals surface area contributed by atoms with Crippen LogP contribution < -0.4 is 10.6 Å². The van der Waals surface area contributed by atoms with Crippen molar-refractivity contribution in [1.29, 1.82) is 0 Å². The van der Waals surface area contributed by atoms with Gasteiger partial charge in [-0.3, -0.25) is 9.59 Å². The number of aromatic nitrogens is 2. The van der Waals surface area contributed by atoms with Crippen LogP contribution in [0.25, 0.3) is 11.0 Å². The number of hydrogen-bond acceptors (Lipinski definition) is 3. The van der Waals surface area contributed by atoms with Crippen molar-refractivity contribution in [3.05, 3.63) is 66.0 Å². The predicted molar refractivity (Wildman–Crippen MR) is 117 cm³/mol. The maximum atomic E-state index is 13.3. The highest BCUT2D eigenvalue weighted by Gasteiger charge is 2.40. The Kier molecular flexibility index (Phi) is 5.84. The van der Waals surface area contributed by atoms with Crippen LogP contribution in [0.5, 0.6) is 0 Å². The van der Waals surface area contributed by atoms with Crippen LogP contribution in [-0.2, 0) is 29.5 Å². The summed E-state index contributed by atoms with van der Waals surface area (Å²) in [5.74, 6) is 0.771. The first-order chi connectivity index (χ1) is 14.6. The van der Waals surface area contributed by atoms with Crippen molar-refractivity contribution in [1.82, 2.24) is 20.2 Å². The molecule has 1 fully saturated rings. The van der Waals surface area contributed by atoms with Crippen LogP contribution in [0.2, 0.25) is 0 Å². The van der Waals surface area contributed by atoms with E-state index >= 15 is 0 Å². The van der Waals surface area contributed by atoms with Gasteiger partial charge in [-0.15, -0.1) is 0 Å². The van der Waals surface area contributed by atoms with Gasteiger partial charge in [-0.1, -0.05) is 48.9 Å². The first kappa shape index (κ1) is 20.1. The molecule has 0 radical (unpaired) electrons. The Hall–Kier alpha value is -3.15. The molecule has 1 saturated heterocycles. The zero-order valence-corrected chi connectivity index (χ0v) is 17.4. The molecule has 3 aromatic rings. The Morgan fingerprint density at radius 2 is 1.90 bits per heavy atom. The number of amides is 2. The third-order valence-corrected chi connectivity index (χ3v) is 5.93. The van der Waals surface area contributed by atoms with Crippen LogP contribution in [0.1, 0.15) is 37.1 Å². The van der Waals surface area contributed by atoms with Gasteiger partial charge in [0.1, 0.15) is 11.4 Å². The van der Waals surface area contributed by atoms with Gasteiger partial charge in [-0.05, 0) is 30.5 Å². The van der Waals surface area contributed by atoms with Crippen molar-refractivity contribution in [2.24, 2.45) is 7.05 Å². The van der Waals surface area contributed by atoms with Crippen molar-refractivity contribution in [2.75, 3.05) is 6.54 Å². The van der Waals surface area contributed by atoms with Gasteiger partial charge < -0.3 is 15.2 Å². The van der Waals surface area contributed by atoms with Gasteiger partial charge in [0.2, 0.25) is 11.8 Å². The van der Waals surface area contributed by atoms with E-state index in [1.807, 2.05) is 61.6 Å². The molecule has 1 aliphatic rings. The molecule has 1 aliphatic heterocycles. The number of carbonyl (C=O) groups is 2. The zero-order valence-electron chi connectivity index (χ0n) is 17.4. The Balaban J connectivity index is 1.48. The quantitative estimate of drug-likeness (QED) is 0.663. The number of imidazole rings is 1. The van der Waals surface area contributed by atoms with Gasteiger partial charge in [0.15, 0.2) is 0 Å². The third-order valence-electron chi connectivity index (χ3n) is 5.93. The smallest absolute Gasteiger partial charge is 0.246 e. The average molecular weight is 405 g/mol. The molecule has 0 spiro atoms. The molecule has 4 rings (SSSR count). The number of nitrogens with one attached hydrogen (secondary N) is 2.